The van der Waals surface area contributed by atoms with Crippen molar-refractivity contribution in [2.24, 2.45) is 16.6 Å². The second-order valence-electron chi connectivity index (χ2n) is 8.41. The quantitative estimate of drug-likeness (QED) is 0.406. The average Bonchev–Trinajstić information content (AvgIpc) is 3.48. The predicted octanol–water partition coefficient (Wildman–Crippen LogP) is 5.01. The molecule has 2 aromatic carbocycles. The number of amidine groups is 1. The van der Waals surface area contributed by atoms with Gasteiger partial charge < -0.3 is 15.5 Å². The Bertz CT molecular complexity index is 1090. The highest BCUT2D eigenvalue weighted by Gasteiger charge is 2.26. The first-order valence-corrected chi connectivity index (χ1v) is 11.0. The summed E-state index contributed by atoms with van der Waals surface area (Å²) in [6.07, 6.45) is 4.66. The van der Waals surface area contributed by atoms with Crippen LogP contribution < -0.4 is 11.1 Å². The van der Waals surface area contributed by atoms with Gasteiger partial charge in [0.15, 0.2) is 0 Å². The number of amides is 1. The van der Waals surface area contributed by atoms with Crippen molar-refractivity contribution in [1.82, 2.24) is 5.32 Å². The highest BCUT2D eigenvalue weighted by Crippen LogP contribution is 2.39. The van der Waals surface area contributed by atoms with Gasteiger partial charge >= 0.3 is 0 Å². The van der Waals surface area contributed by atoms with E-state index >= 15 is 0 Å². The second-order valence-corrected chi connectivity index (χ2v) is 8.41. The molecule has 0 aliphatic heterocycles. The van der Waals surface area contributed by atoms with Crippen LogP contribution in [0, 0.1) is 11.7 Å². The van der Waals surface area contributed by atoms with E-state index in [1.54, 1.807) is 12.3 Å². The Morgan fingerprint density at radius 3 is 2.69 bits per heavy atom. The minimum absolute atomic E-state index is 0.000386. The molecule has 0 radical (unpaired) electrons. The Labute approximate surface area is 187 Å². The number of halogens is 1. The van der Waals surface area contributed by atoms with Gasteiger partial charge in [-0.3, -0.25) is 9.79 Å². The van der Waals surface area contributed by atoms with Gasteiger partial charge in [0.2, 0.25) is 5.91 Å². The molecule has 6 heteroatoms. The normalized spacial score (nSPS) is 18.6. The summed E-state index contributed by atoms with van der Waals surface area (Å²) >= 11 is 0. The van der Waals surface area contributed by atoms with Crippen LogP contribution >= 0.6 is 0 Å². The van der Waals surface area contributed by atoms with Crippen molar-refractivity contribution in [3.63, 3.8) is 0 Å². The fourth-order valence-electron chi connectivity index (χ4n) is 4.35. The van der Waals surface area contributed by atoms with Crippen molar-refractivity contribution in [2.45, 2.75) is 38.6 Å². The summed E-state index contributed by atoms with van der Waals surface area (Å²) in [4.78, 5) is 15.5. The summed E-state index contributed by atoms with van der Waals surface area (Å²) in [7, 11) is 0. The SMILES string of the molecule is CC(=O)NC[C@@H]1CCC(c2ccc(-c3ccc(C(N)=NCc4ccco4)cc3)c(F)c2)C1. The van der Waals surface area contributed by atoms with Crippen LogP contribution in [-0.4, -0.2) is 18.3 Å². The number of nitrogens with zero attached hydrogens (tertiary/aromatic N) is 1. The van der Waals surface area contributed by atoms with Gasteiger partial charge in [-0.1, -0.05) is 36.4 Å². The molecule has 4 rings (SSSR count). The van der Waals surface area contributed by atoms with Crippen LogP contribution in [0.2, 0.25) is 0 Å². The third-order valence-corrected chi connectivity index (χ3v) is 6.12. The van der Waals surface area contributed by atoms with Crippen LogP contribution in [-0.2, 0) is 11.3 Å². The standard InChI is InChI=1S/C26H28FN3O2/c1-17(31)29-15-18-4-5-21(13-18)22-10-11-24(25(27)14-22)19-6-8-20(9-7-19)26(28)30-16-23-3-2-12-32-23/h2-3,6-12,14,18,21H,4-5,13,15-16H2,1H3,(H2,28,30)(H,29,31)/t18-,21?/m1/s1. The number of carbonyl (C=O) groups is 1. The molecule has 5 nitrogen and oxygen atoms in total. The van der Waals surface area contributed by atoms with Crippen molar-refractivity contribution in [2.75, 3.05) is 6.54 Å². The molecule has 0 spiro atoms. The first-order valence-electron chi connectivity index (χ1n) is 11.0. The number of nitrogens with two attached hydrogens (primary N) is 1. The Morgan fingerprint density at radius 2 is 2.00 bits per heavy atom. The molecule has 32 heavy (non-hydrogen) atoms. The molecular weight excluding hydrogens is 405 g/mol. The number of hydrogen-bond acceptors (Lipinski definition) is 3. The molecule has 1 amide bonds. The van der Waals surface area contributed by atoms with Gasteiger partial charge in [-0.25, -0.2) is 4.39 Å². The zero-order chi connectivity index (χ0) is 22.5. The van der Waals surface area contributed by atoms with Crippen LogP contribution in [0.1, 0.15) is 49.0 Å². The van der Waals surface area contributed by atoms with Crippen molar-refractivity contribution in [3.05, 3.63) is 83.6 Å². The number of furan rings is 1. The minimum Gasteiger partial charge on any atom is -0.467 e. The van der Waals surface area contributed by atoms with E-state index in [9.17, 15) is 9.18 Å². The Kier molecular flexibility index (Phi) is 6.69. The van der Waals surface area contributed by atoms with Gasteiger partial charge in [0.05, 0.1) is 12.8 Å². The summed E-state index contributed by atoms with van der Waals surface area (Å²) in [5.74, 6) is 1.73. The zero-order valence-corrected chi connectivity index (χ0v) is 18.2. The fraction of sp³-hybridized carbons (Fsp3) is 0.308. The molecule has 1 aliphatic carbocycles. The van der Waals surface area contributed by atoms with Crippen molar-refractivity contribution in [1.29, 1.82) is 0 Å². The van der Waals surface area contributed by atoms with Crippen LogP contribution in [0.4, 0.5) is 4.39 Å². The van der Waals surface area contributed by atoms with E-state index in [0.717, 1.165) is 41.7 Å². The fourth-order valence-corrected chi connectivity index (χ4v) is 4.35. The van der Waals surface area contributed by atoms with Gasteiger partial charge in [-0.15, -0.1) is 0 Å². The maximum absolute atomic E-state index is 15.0. The smallest absolute Gasteiger partial charge is 0.216 e. The third-order valence-electron chi connectivity index (χ3n) is 6.12. The maximum atomic E-state index is 15.0. The number of hydrogen-bond donors (Lipinski definition) is 2. The van der Waals surface area contributed by atoms with Gasteiger partial charge in [0.1, 0.15) is 17.4 Å². The van der Waals surface area contributed by atoms with Crippen LogP contribution in [0.25, 0.3) is 11.1 Å². The van der Waals surface area contributed by atoms with Gasteiger partial charge in [0, 0.05) is 24.6 Å². The lowest BCUT2D eigenvalue weighted by molar-refractivity contribution is -0.119. The highest BCUT2D eigenvalue weighted by atomic mass is 19.1. The summed E-state index contributed by atoms with van der Waals surface area (Å²) in [6, 6.07) is 16.6. The van der Waals surface area contributed by atoms with Crippen molar-refractivity contribution in [3.8, 4) is 11.1 Å². The molecule has 166 valence electrons. The van der Waals surface area contributed by atoms with E-state index < -0.39 is 0 Å². The average molecular weight is 434 g/mol. The van der Waals surface area contributed by atoms with E-state index in [0.29, 0.717) is 36.3 Å². The Morgan fingerprint density at radius 1 is 1.19 bits per heavy atom. The molecule has 1 aliphatic rings. The lowest BCUT2D eigenvalue weighted by Gasteiger charge is -2.14. The predicted molar refractivity (Wildman–Crippen MR) is 124 cm³/mol. The number of rotatable bonds is 7. The lowest BCUT2D eigenvalue weighted by atomic mass is 9.93. The maximum Gasteiger partial charge on any atom is 0.216 e. The number of nitrogens with one attached hydrogen (secondary N) is 1. The molecule has 3 aromatic rings. The third kappa shape index (κ3) is 5.25. The molecule has 2 atom stereocenters. The largest absolute Gasteiger partial charge is 0.467 e. The highest BCUT2D eigenvalue weighted by molar-refractivity contribution is 5.97. The van der Waals surface area contributed by atoms with E-state index in [4.69, 9.17) is 10.2 Å². The molecule has 1 aromatic heterocycles. The molecule has 1 saturated carbocycles. The molecule has 3 N–H and O–H groups in total. The van der Waals surface area contributed by atoms with Gasteiger partial charge in [0.25, 0.3) is 0 Å². The van der Waals surface area contributed by atoms with E-state index in [1.807, 2.05) is 48.5 Å². The Balaban J connectivity index is 1.42. The van der Waals surface area contributed by atoms with Crippen molar-refractivity contribution < 1.29 is 13.6 Å². The molecule has 0 saturated heterocycles. The summed E-state index contributed by atoms with van der Waals surface area (Å²) in [5, 5.41) is 2.89. The lowest BCUT2D eigenvalue weighted by Crippen LogP contribution is -2.25. The first kappa shape index (κ1) is 21.8. The molecular formula is C26H28FN3O2. The molecule has 1 heterocycles. The van der Waals surface area contributed by atoms with Crippen LogP contribution in [0.5, 0.6) is 0 Å². The topological polar surface area (TPSA) is 80.6 Å². The minimum atomic E-state index is -0.222. The summed E-state index contributed by atoms with van der Waals surface area (Å²) in [5.41, 5.74) is 9.26. The number of carbonyl (C=O) groups excluding carboxylic acids is 1. The van der Waals surface area contributed by atoms with E-state index in [1.165, 1.54) is 6.92 Å². The van der Waals surface area contributed by atoms with Gasteiger partial charge in [-0.2, -0.15) is 0 Å². The molecule has 0 bridgehead atoms. The van der Waals surface area contributed by atoms with E-state index in [-0.39, 0.29) is 11.7 Å². The van der Waals surface area contributed by atoms with Crippen LogP contribution in [0.3, 0.4) is 0 Å². The molecule has 1 unspecified atom stereocenters. The summed E-state index contributed by atoms with van der Waals surface area (Å²) in [6.45, 7) is 2.62. The second kappa shape index (κ2) is 9.81. The number of aliphatic imine (C=N–C) groups is 1. The Hall–Kier alpha value is -3.41. The monoisotopic (exact) mass is 433 g/mol. The first-order chi connectivity index (χ1) is 15.5. The summed E-state index contributed by atoms with van der Waals surface area (Å²) < 4.78 is 20.2. The van der Waals surface area contributed by atoms with Crippen LogP contribution in [0.15, 0.2) is 70.3 Å². The van der Waals surface area contributed by atoms with Crippen molar-refractivity contribution >= 4 is 11.7 Å². The van der Waals surface area contributed by atoms with E-state index in [2.05, 4.69) is 10.3 Å². The van der Waals surface area contributed by atoms with Gasteiger partial charge in [-0.05, 0) is 60.4 Å². The number of benzene rings is 2. The zero-order valence-electron chi connectivity index (χ0n) is 18.2. The molecule has 1 fully saturated rings.